The molecule has 0 amide bonds. The number of carboxylic acids is 1. The number of aromatic nitrogens is 3. The lowest BCUT2D eigenvalue weighted by atomic mass is 9.94. The monoisotopic (exact) mass is 309 g/mol. The molecular formula is C18H19N3O2. The van der Waals surface area contributed by atoms with Crippen molar-refractivity contribution in [2.75, 3.05) is 0 Å². The fourth-order valence-corrected chi connectivity index (χ4v) is 3.43. The predicted octanol–water partition coefficient (Wildman–Crippen LogP) is 3.48. The van der Waals surface area contributed by atoms with Gasteiger partial charge in [0.25, 0.3) is 0 Å². The van der Waals surface area contributed by atoms with Gasteiger partial charge in [-0.2, -0.15) is 5.10 Å². The second-order valence-electron chi connectivity index (χ2n) is 6.66. The van der Waals surface area contributed by atoms with E-state index in [9.17, 15) is 4.79 Å². The van der Waals surface area contributed by atoms with Gasteiger partial charge in [-0.25, -0.2) is 4.79 Å². The number of H-pyrrole nitrogens is 1. The highest BCUT2D eigenvalue weighted by Crippen LogP contribution is 2.37. The molecule has 1 aliphatic carbocycles. The van der Waals surface area contributed by atoms with Crippen molar-refractivity contribution >= 4 is 16.9 Å². The average molecular weight is 309 g/mol. The van der Waals surface area contributed by atoms with Gasteiger partial charge >= 0.3 is 5.97 Å². The van der Waals surface area contributed by atoms with Gasteiger partial charge in [0, 0.05) is 23.6 Å². The second kappa shape index (κ2) is 4.98. The zero-order valence-corrected chi connectivity index (χ0v) is 13.3. The van der Waals surface area contributed by atoms with Crippen LogP contribution in [0.4, 0.5) is 0 Å². The highest BCUT2D eigenvalue weighted by Gasteiger charge is 2.24. The molecule has 23 heavy (non-hydrogen) atoms. The fourth-order valence-electron chi connectivity index (χ4n) is 3.43. The first-order valence-electron chi connectivity index (χ1n) is 7.97. The van der Waals surface area contributed by atoms with E-state index in [0.29, 0.717) is 11.5 Å². The molecule has 0 atom stereocenters. The van der Waals surface area contributed by atoms with E-state index in [4.69, 9.17) is 10.2 Å². The largest absolute Gasteiger partial charge is 0.478 e. The van der Waals surface area contributed by atoms with Gasteiger partial charge in [-0.05, 0) is 42.0 Å². The molecule has 0 saturated carbocycles. The van der Waals surface area contributed by atoms with Gasteiger partial charge in [-0.15, -0.1) is 0 Å². The van der Waals surface area contributed by atoms with Gasteiger partial charge in [0.1, 0.15) is 5.69 Å². The molecule has 5 nitrogen and oxygen atoms in total. The molecule has 4 rings (SSSR count). The zero-order valence-electron chi connectivity index (χ0n) is 13.3. The molecule has 0 fully saturated rings. The number of aryl methyl sites for hydroxylation is 2. The Hall–Kier alpha value is -2.56. The predicted molar refractivity (Wildman–Crippen MR) is 88.7 cm³/mol. The number of hydrogen-bond donors (Lipinski definition) is 2. The van der Waals surface area contributed by atoms with Crippen molar-refractivity contribution in [3.63, 3.8) is 0 Å². The summed E-state index contributed by atoms with van der Waals surface area (Å²) in [6.45, 7) is 5.27. The minimum absolute atomic E-state index is 0.307. The third-order valence-electron chi connectivity index (χ3n) is 4.42. The summed E-state index contributed by atoms with van der Waals surface area (Å²) in [6, 6.07) is 5.29. The lowest BCUT2D eigenvalue weighted by molar-refractivity contribution is 0.0697. The third-order valence-corrected chi connectivity index (χ3v) is 4.42. The summed E-state index contributed by atoms with van der Waals surface area (Å²) in [5.74, 6) is -0.349. The molecule has 0 aliphatic heterocycles. The number of nitrogens with one attached hydrogen (secondary N) is 1. The number of carbonyl (C=O) groups is 1. The maximum absolute atomic E-state index is 11.2. The summed E-state index contributed by atoms with van der Waals surface area (Å²) in [7, 11) is 0. The number of fused-ring (bicyclic) bond motifs is 5. The Balaban J connectivity index is 1.85. The van der Waals surface area contributed by atoms with Crippen LogP contribution in [0.15, 0.2) is 24.4 Å². The van der Waals surface area contributed by atoms with Crippen LogP contribution in [0.25, 0.3) is 22.3 Å². The molecule has 2 heterocycles. The summed E-state index contributed by atoms with van der Waals surface area (Å²) in [6.07, 6.45) is 4.09. The van der Waals surface area contributed by atoms with Crippen LogP contribution in [0.2, 0.25) is 0 Å². The summed E-state index contributed by atoms with van der Waals surface area (Å²) in [5.41, 5.74) is 5.76. The number of carboxylic acid groups (broad SMARTS) is 1. The van der Waals surface area contributed by atoms with Crippen molar-refractivity contribution in [2.45, 2.75) is 33.2 Å². The van der Waals surface area contributed by atoms with Crippen LogP contribution in [0.3, 0.4) is 0 Å². The number of hydrogen-bond acceptors (Lipinski definition) is 2. The van der Waals surface area contributed by atoms with Crippen LogP contribution in [0.5, 0.6) is 0 Å². The Morgan fingerprint density at radius 3 is 2.96 bits per heavy atom. The highest BCUT2D eigenvalue weighted by molar-refractivity contribution is 5.97. The van der Waals surface area contributed by atoms with E-state index >= 15 is 0 Å². The average Bonchev–Trinajstić information content (AvgIpc) is 3.05. The van der Waals surface area contributed by atoms with Gasteiger partial charge in [0.2, 0.25) is 0 Å². The standard InChI is InChI=1S/C18H19N3O2/c1-10(2)8-21-9-12-4-6-14-13-5-3-11(18(22)23)7-15(13)19-17(14)16(12)20-21/h3,5,7,9-10,19H,4,6,8H2,1-2H3,(H,22,23). The van der Waals surface area contributed by atoms with Crippen molar-refractivity contribution in [3.8, 4) is 11.4 Å². The topological polar surface area (TPSA) is 70.9 Å². The maximum Gasteiger partial charge on any atom is 0.335 e. The van der Waals surface area contributed by atoms with Crippen molar-refractivity contribution in [2.24, 2.45) is 5.92 Å². The van der Waals surface area contributed by atoms with Crippen LogP contribution in [0.1, 0.15) is 35.3 Å². The Kier molecular flexibility index (Phi) is 3.04. The number of benzene rings is 1. The molecule has 1 aliphatic rings. The van der Waals surface area contributed by atoms with Crippen molar-refractivity contribution in [1.29, 1.82) is 0 Å². The summed E-state index contributed by atoms with van der Waals surface area (Å²) < 4.78 is 2.03. The minimum Gasteiger partial charge on any atom is -0.478 e. The van der Waals surface area contributed by atoms with Crippen LogP contribution in [-0.2, 0) is 19.4 Å². The molecule has 5 heteroatoms. The Morgan fingerprint density at radius 2 is 2.22 bits per heavy atom. The van der Waals surface area contributed by atoms with Crippen LogP contribution in [0, 0.1) is 5.92 Å². The lowest BCUT2D eigenvalue weighted by Gasteiger charge is -2.10. The van der Waals surface area contributed by atoms with E-state index in [1.165, 1.54) is 11.1 Å². The van der Waals surface area contributed by atoms with Gasteiger partial charge in [-0.1, -0.05) is 19.9 Å². The molecule has 0 radical (unpaired) electrons. The Bertz CT molecular complexity index is 918. The molecule has 1 aromatic carbocycles. The molecule has 0 bridgehead atoms. The molecule has 2 N–H and O–H groups in total. The second-order valence-corrected chi connectivity index (χ2v) is 6.66. The molecule has 0 spiro atoms. The lowest BCUT2D eigenvalue weighted by Crippen LogP contribution is -2.04. The van der Waals surface area contributed by atoms with E-state index in [1.807, 2.05) is 10.7 Å². The van der Waals surface area contributed by atoms with Gasteiger partial charge in [0.05, 0.1) is 11.3 Å². The summed E-state index contributed by atoms with van der Waals surface area (Å²) >= 11 is 0. The zero-order chi connectivity index (χ0) is 16.1. The molecule has 0 saturated heterocycles. The molecular weight excluding hydrogens is 290 g/mol. The first-order valence-corrected chi connectivity index (χ1v) is 7.97. The van der Waals surface area contributed by atoms with E-state index in [2.05, 4.69) is 25.0 Å². The van der Waals surface area contributed by atoms with Crippen LogP contribution in [-0.4, -0.2) is 25.8 Å². The number of aromatic amines is 1. The normalized spacial score (nSPS) is 13.3. The highest BCUT2D eigenvalue weighted by atomic mass is 16.4. The first-order chi connectivity index (χ1) is 11.0. The smallest absolute Gasteiger partial charge is 0.335 e. The minimum atomic E-state index is -0.902. The van der Waals surface area contributed by atoms with Crippen LogP contribution >= 0.6 is 0 Å². The molecule has 118 valence electrons. The number of nitrogens with zero attached hydrogens (tertiary/aromatic N) is 2. The Labute approximate surface area is 133 Å². The number of aromatic carboxylic acids is 1. The van der Waals surface area contributed by atoms with E-state index in [0.717, 1.165) is 41.7 Å². The SMILES string of the molecule is CC(C)Cn1cc2c(n1)-c1[nH]c3cc(C(=O)O)ccc3c1CC2. The quantitative estimate of drug-likeness (QED) is 0.778. The van der Waals surface area contributed by atoms with Gasteiger partial charge < -0.3 is 10.1 Å². The Morgan fingerprint density at radius 1 is 1.39 bits per heavy atom. The fraction of sp³-hybridized carbons (Fsp3) is 0.333. The van der Waals surface area contributed by atoms with Crippen LogP contribution < -0.4 is 0 Å². The van der Waals surface area contributed by atoms with E-state index in [1.54, 1.807) is 12.1 Å². The number of rotatable bonds is 3. The van der Waals surface area contributed by atoms with Crippen molar-refractivity contribution in [1.82, 2.24) is 14.8 Å². The first kappa shape index (κ1) is 14.1. The van der Waals surface area contributed by atoms with Gasteiger partial charge in [-0.3, -0.25) is 4.68 Å². The third kappa shape index (κ3) is 2.23. The molecule has 0 unspecified atom stereocenters. The van der Waals surface area contributed by atoms with Crippen molar-refractivity contribution < 1.29 is 9.90 Å². The van der Waals surface area contributed by atoms with Gasteiger partial charge in [0.15, 0.2) is 0 Å². The summed E-state index contributed by atoms with van der Waals surface area (Å²) in [4.78, 5) is 14.6. The van der Waals surface area contributed by atoms with E-state index in [-0.39, 0.29) is 0 Å². The molecule has 2 aromatic heterocycles. The molecule has 3 aromatic rings. The summed E-state index contributed by atoms with van der Waals surface area (Å²) in [5, 5.41) is 15.0. The van der Waals surface area contributed by atoms with E-state index < -0.39 is 5.97 Å². The van der Waals surface area contributed by atoms with Crippen molar-refractivity contribution in [3.05, 3.63) is 41.1 Å². The maximum atomic E-state index is 11.2.